The highest BCUT2D eigenvalue weighted by Crippen LogP contribution is 2.30. The number of carbonyl (C=O) groups is 2. The van der Waals surface area contributed by atoms with E-state index in [1.54, 1.807) is 29.2 Å². The van der Waals surface area contributed by atoms with Crippen LogP contribution < -0.4 is 15.5 Å². The van der Waals surface area contributed by atoms with Crippen LogP contribution in [0.25, 0.3) is 0 Å². The van der Waals surface area contributed by atoms with Gasteiger partial charge in [0.15, 0.2) is 0 Å². The van der Waals surface area contributed by atoms with Crippen LogP contribution >= 0.6 is 11.6 Å². The molecule has 0 aliphatic carbocycles. The first kappa shape index (κ1) is 19.0. The Morgan fingerprint density at radius 2 is 1.69 bits per heavy atom. The molecule has 0 aromatic heterocycles. The predicted octanol–water partition coefficient (Wildman–Crippen LogP) is 4.79. The Hall–Kier alpha value is -3.31. The van der Waals surface area contributed by atoms with Gasteiger partial charge in [-0.3, -0.25) is 4.79 Å². The number of rotatable bonds is 4. The third kappa shape index (κ3) is 4.25. The molecule has 29 heavy (non-hydrogen) atoms. The maximum atomic E-state index is 13.4. The van der Waals surface area contributed by atoms with E-state index in [0.717, 1.165) is 23.2 Å². The minimum absolute atomic E-state index is 0.164. The number of hydrogen-bond donors (Lipinski definition) is 2. The molecule has 5 nitrogen and oxygen atoms in total. The summed E-state index contributed by atoms with van der Waals surface area (Å²) in [5.74, 6) is -0.164. The van der Waals surface area contributed by atoms with Crippen molar-refractivity contribution in [3.63, 3.8) is 0 Å². The first-order valence-corrected chi connectivity index (χ1v) is 9.77. The Balaban J connectivity index is 1.57. The Morgan fingerprint density at radius 1 is 0.931 bits per heavy atom. The molecule has 0 bridgehead atoms. The molecule has 4 rings (SSSR count). The number of anilines is 2. The molecule has 0 fully saturated rings. The molecule has 0 saturated carbocycles. The predicted molar refractivity (Wildman–Crippen MR) is 115 cm³/mol. The number of urea groups is 1. The van der Waals surface area contributed by atoms with Crippen molar-refractivity contribution in [1.82, 2.24) is 5.32 Å². The number of nitrogens with one attached hydrogen (secondary N) is 2. The number of nitrogens with zero attached hydrogens (tertiary/aromatic N) is 1. The second kappa shape index (κ2) is 8.37. The van der Waals surface area contributed by atoms with Gasteiger partial charge in [-0.1, -0.05) is 66.2 Å². The van der Waals surface area contributed by atoms with Crippen LogP contribution in [0.4, 0.5) is 16.2 Å². The minimum Gasteiger partial charge on any atom is -0.322 e. The summed E-state index contributed by atoms with van der Waals surface area (Å²) < 4.78 is 0. The first-order chi connectivity index (χ1) is 14.1. The maximum Gasteiger partial charge on any atom is 0.320 e. The molecule has 0 spiro atoms. The molecule has 3 amide bonds. The molecule has 1 aliphatic heterocycles. The fourth-order valence-corrected chi connectivity index (χ4v) is 3.71. The van der Waals surface area contributed by atoms with Crippen molar-refractivity contribution in [3.8, 4) is 0 Å². The fourth-order valence-electron chi connectivity index (χ4n) is 3.52. The maximum absolute atomic E-state index is 13.4. The molecule has 3 aromatic rings. The van der Waals surface area contributed by atoms with Gasteiger partial charge in [-0.25, -0.2) is 4.79 Å². The number of amides is 3. The lowest BCUT2D eigenvalue weighted by Gasteiger charge is -2.25. The van der Waals surface area contributed by atoms with Crippen LogP contribution in [0.15, 0.2) is 78.9 Å². The van der Waals surface area contributed by atoms with Gasteiger partial charge in [-0.2, -0.15) is 0 Å². The molecular formula is C23H20ClN3O2. The molecular weight excluding hydrogens is 386 g/mol. The summed E-state index contributed by atoms with van der Waals surface area (Å²) in [6.45, 7) is 0.596. The number of fused-ring (bicyclic) bond motifs is 1. The molecule has 1 aliphatic rings. The number of halogens is 1. The molecule has 6 heteroatoms. The second-order valence-corrected chi connectivity index (χ2v) is 7.26. The number of benzene rings is 3. The van der Waals surface area contributed by atoms with E-state index < -0.39 is 12.1 Å². The van der Waals surface area contributed by atoms with Crippen LogP contribution in [0.5, 0.6) is 0 Å². The van der Waals surface area contributed by atoms with Gasteiger partial charge in [0.25, 0.3) is 5.91 Å². The smallest absolute Gasteiger partial charge is 0.320 e. The summed E-state index contributed by atoms with van der Waals surface area (Å²) in [6.07, 6.45) is 0.804. The first-order valence-electron chi connectivity index (χ1n) is 9.39. The molecule has 1 atom stereocenters. The van der Waals surface area contributed by atoms with Crippen LogP contribution in [0.2, 0.25) is 5.02 Å². The van der Waals surface area contributed by atoms with E-state index >= 15 is 0 Å². The van der Waals surface area contributed by atoms with Gasteiger partial charge in [0.1, 0.15) is 6.04 Å². The standard InChI is InChI=1S/C23H20ClN3O2/c24-18-10-6-11-19(15-18)25-23(29)26-21(17-8-2-1-3-9-17)22(28)27-14-13-16-7-4-5-12-20(16)27/h1-12,15,21H,13-14H2,(H2,25,26,29)/t21-/m1/s1. The van der Waals surface area contributed by atoms with Crippen molar-refractivity contribution in [2.45, 2.75) is 12.5 Å². The highest BCUT2D eigenvalue weighted by atomic mass is 35.5. The van der Waals surface area contributed by atoms with Gasteiger partial charge in [0.05, 0.1) is 0 Å². The van der Waals surface area contributed by atoms with Crippen molar-refractivity contribution in [3.05, 3.63) is 95.0 Å². The van der Waals surface area contributed by atoms with Crippen LogP contribution in [0.1, 0.15) is 17.2 Å². The zero-order valence-corrected chi connectivity index (χ0v) is 16.4. The summed E-state index contributed by atoms with van der Waals surface area (Å²) in [4.78, 5) is 27.8. The number of hydrogen-bond acceptors (Lipinski definition) is 2. The zero-order valence-electron chi connectivity index (χ0n) is 15.6. The van der Waals surface area contributed by atoms with E-state index in [1.165, 1.54) is 0 Å². The van der Waals surface area contributed by atoms with E-state index in [2.05, 4.69) is 10.6 Å². The number of para-hydroxylation sites is 1. The van der Waals surface area contributed by atoms with Gasteiger partial charge in [0, 0.05) is 22.9 Å². The second-order valence-electron chi connectivity index (χ2n) is 6.82. The lowest BCUT2D eigenvalue weighted by molar-refractivity contribution is -0.120. The van der Waals surface area contributed by atoms with Gasteiger partial charge in [-0.15, -0.1) is 0 Å². The SMILES string of the molecule is O=C(Nc1cccc(Cl)c1)N[C@@H](C(=O)N1CCc2ccccc21)c1ccccc1. The topological polar surface area (TPSA) is 61.4 Å². The zero-order chi connectivity index (χ0) is 20.2. The summed E-state index contributed by atoms with van der Waals surface area (Å²) in [5, 5.41) is 6.09. The Bertz CT molecular complexity index is 1040. The third-order valence-electron chi connectivity index (χ3n) is 4.89. The van der Waals surface area contributed by atoms with E-state index in [0.29, 0.717) is 17.3 Å². The third-order valence-corrected chi connectivity index (χ3v) is 5.13. The Morgan fingerprint density at radius 3 is 2.48 bits per heavy atom. The van der Waals surface area contributed by atoms with Crippen molar-refractivity contribution in [2.75, 3.05) is 16.8 Å². The lowest BCUT2D eigenvalue weighted by atomic mass is 10.1. The van der Waals surface area contributed by atoms with Crippen molar-refractivity contribution < 1.29 is 9.59 Å². The van der Waals surface area contributed by atoms with Crippen molar-refractivity contribution in [1.29, 1.82) is 0 Å². The highest BCUT2D eigenvalue weighted by Gasteiger charge is 2.32. The summed E-state index contributed by atoms with van der Waals surface area (Å²) in [7, 11) is 0. The monoisotopic (exact) mass is 405 g/mol. The van der Waals surface area contributed by atoms with Crippen LogP contribution in [-0.2, 0) is 11.2 Å². The van der Waals surface area contributed by atoms with Crippen LogP contribution in [0.3, 0.4) is 0 Å². The van der Waals surface area contributed by atoms with Gasteiger partial charge >= 0.3 is 6.03 Å². The van der Waals surface area contributed by atoms with E-state index in [9.17, 15) is 9.59 Å². The summed E-state index contributed by atoms with van der Waals surface area (Å²) in [5.41, 5.74) is 3.32. The summed E-state index contributed by atoms with van der Waals surface area (Å²) >= 11 is 5.98. The van der Waals surface area contributed by atoms with Crippen LogP contribution in [-0.4, -0.2) is 18.5 Å². The highest BCUT2D eigenvalue weighted by molar-refractivity contribution is 6.30. The average Bonchev–Trinajstić information content (AvgIpc) is 3.16. The molecule has 0 radical (unpaired) electrons. The molecule has 1 heterocycles. The van der Waals surface area contributed by atoms with Gasteiger partial charge in [0.2, 0.25) is 0 Å². The van der Waals surface area contributed by atoms with Crippen molar-refractivity contribution in [2.24, 2.45) is 0 Å². The van der Waals surface area contributed by atoms with E-state index in [4.69, 9.17) is 11.6 Å². The largest absolute Gasteiger partial charge is 0.322 e. The average molecular weight is 406 g/mol. The molecule has 0 saturated heterocycles. The lowest BCUT2D eigenvalue weighted by Crippen LogP contribution is -2.43. The Labute approximate surface area is 174 Å². The van der Waals surface area contributed by atoms with Crippen molar-refractivity contribution >= 4 is 34.9 Å². The molecule has 2 N–H and O–H groups in total. The Kier molecular flexibility index (Phi) is 5.49. The van der Waals surface area contributed by atoms with Gasteiger partial charge in [-0.05, 0) is 41.8 Å². The number of carbonyl (C=O) groups excluding carboxylic acids is 2. The summed E-state index contributed by atoms with van der Waals surface area (Å²) in [6, 6.07) is 22.7. The molecule has 146 valence electrons. The molecule has 0 unspecified atom stereocenters. The van der Waals surface area contributed by atoms with Crippen LogP contribution in [0, 0.1) is 0 Å². The normalized spacial score (nSPS) is 13.5. The van der Waals surface area contributed by atoms with Gasteiger partial charge < -0.3 is 15.5 Å². The van der Waals surface area contributed by atoms with E-state index in [1.807, 2.05) is 54.6 Å². The fraction of sp³-hybridized carbons (Fsp3) is 0.130. The quantitative estimate of drug-likeness (QED) is 0.655. The molecule has 3 aromatic carbocycles. The minimum atomic E-state index is -0.804. The van der Waals surface area contributed by atoms with E-state index in [-0.39, 0.29) is 5.91 Å².